The third-order valence-corrected chi connectivity index (χ3v) is 9.49. The van der Waals surface area contributed by atoms with Crippen LogP contribution in [0.3, 0.4) is 0 Å². The van der Waals surface area contributed by atoms with Gasteiger partial charge in [-0.25, -0.2) is 0 Å². The molecular formula is C38H52N2O5. The Morgan fingerprint density at radius 2 is 1.82 bits per heavy atom. The van der Waals surface area contributed by atoms with Crippen LogP contribution >= 0.6 is 0 Å². The van der Waals surface area contributed by atoms with Gasteiger partial charge in [0.15, 0.2) is 0 Å². The predicted molar refractivity (Wildman–Crippen MR) is 178 cm³/mol. The summed E-state index contributed by atoms with van der Waals surface area (Å²) < 4.78 is 11.7. The first-order chi connectivity index (χ1) is 21.6. The fourth-order valence-corrected chi connectivity index (χ4v) is 7.61. The largest absolute Gasteiger partial charge is 0.462 e. The monoisotopic (exact) mass is 616 g/mol. The van der Waals surface area contributed by atoms with Gasteiger partial charge in [0.05, 0.1) is 0 Å². The van der Waals surface area contributed by atoms with Crippen molar-refractivity contribution >= 4 is 17.8 Å². The Bertz CT molecular complexity index is 1290. The van der Waals surface area contributed by atoms with Crippen molar-refractivity contribution in [2.24, 2.45) is 11.8 Å². The Kier molecular flexibility index (Phi) is 12.4. The number of carbonyl (C=O) groups is 3. The number of likely N-dealkylation sites (tertiary alicyclic amines) is 1. The van der Waals surface area contributed by atoms with E-state index in [1.165, 1.54) is 19.4 Å². The molecule has 1 heterocycles. The molecular weight excluding hydrogens is 564 g/mol. The zero-order valence-electron chi connectivity index (χ0n) is 27.7. The normalized spacial score (nSPS) is 23.2. The zero-order valence-corrected chi connectivity index (χ0v) is 27.7. The van der Waals surface area contributed by atoms with Gasteiger partial charge in [-0.3, -0.25) is 19.3 Å². The quantitative estimate of drug-likeness (QED) is 0.101. The van der Waals surface area contributed by atoms with Gasteiger partial charge < -0.3 is 14.4 Å². The van der Waals surface area contributed by atoms with Crippen molar-refractivity contribution in [1.29, 1.82) is 0 Å². The number of rotatable bonds is 14. The molecule has 4 rings (SSSR count). The van der Waals surface area contributed by atoms with Gasteiger partial charge in [0.1, 0.15) is 11.9 Å². The van der Waals surface area contributed by atoms with Crippen LogP contribution in [0, 0.1) is 11.8 Å². The number of amides is 1. The van der Waals surface area contributed by atoms with E-state index >= 15 is 0 Å². The lowest BCUT2D eigenvalue weighted by atomic mass is 9.56. The van der Waals surface area contributed by atoms with E-state index in [1.54, 1.807) is 6.07 Å². The third-order valence-electron chi connectivity index (χ3n) is 9.49. The number of piperidine rings is 1. The van der Waals surface area contributed by atoms with Crippen LogP contribution in [0.25, 0.3) is 0 Å². The van der Waals surface area contributed by atoms with Crippen LogP contribution in [0.4, 0.5) is 0 Å². The SMILES string of the molecule is C=CCN1CC[C@@]2(c3cccc(OC(C)=O)c3)C[C@@H](N(CC(C)C)C(=O)CCCCCc3ccccc3)CC(OC(C)=O)[C@@H]2C1. The van der Waals surface area contributed by atoms with Crippen molar-refractivity contribution in [1.82, 2.24) is 9.80 Å². The van der Waals surface area contributed by atoms with E-state index in [9.17, 15) is 14.4 Å². The number of esters is 2. The molecule has 0 radical (unpaired) electrons. The fraction of sp³-hybridized carbons (Fsp3) is 0.553. The number of carbonyl (C=O) groups excluding carboxylic acids is 3. The standard InChI is InChI=1S/C38H52N2O5/c1-6-21-39-22-20-38(32-17-13-18-34(23-32)44-29(4)41)25-33(24-36(35(38)27-39)45-30(5)42)40(26-28(2)3)37(43)19-12-8-11-16-31-14-9-7-10-15-31/h6-7,9-10,13-15,17-18,23,28,33,35-36H,1,8,11-12,16,19-22,24-27H2,2-5H3/t33-,35-,36?,38-/m0/s1. The van der Waals surface area contributed by atoms with Gasteiger partial charge in [-0.2, -0.15) is 0 Å². The Balaban J connectivity index is 1.61. The summed E-state index contributed by atoms with van der Waals surface area (Å²) in [6.45, 7) is 14.2. The van der Waals surface area contributed by atoms with Crippen LogP contribution in [0.2, 0.25) is 0 Å². The molecule has 0 aromatic heterocycles. The van der Waals surface area contributed by atoms with Gasteiger partial charge in [-0.05, 0) is 67.8 Å². The molecule has 1 aliphatic heterocycles. The van der Waals surface area contributed by atoms with Crippen LogP contribution in [0.1, 0.15) is 83.8 Å². The second kappa shape index (κ2) is 16.2. The molecule has 1 unspecified atom stereocenters. The van der Waals surface area contributed by atoms with Crippen LogP contribution < -0.4 is 4.74 Å². The maximum Gasteiger partial charge on any atom is 0.308 e. The lowest BCUT2D eigenvalue weighted by Gasteiger charge is -2.56. The second-order valence-electron chi connectivity index (χ2n) is 13.4. The Labute approximate surface area is 270 Å². The maximum atomic E-state index is 14.0. The number of fused-ring (bicyclic) bond motifs is 1. The molecule has 7 heteroatoms. The maximum absolute atomic E-state index is 14.0. The molecule has 4 atom stereocenters. The van der Waals surface area contributed by atoms with Gasteiger partial charge in [-0.15, -0.1) is 6.58 Å². The molecule has 2 aromatic rings. The molecule has 1 saturated carbocycles. The Morgan fingerprint density at radius 3 is 2.51 bits per heavy atom. The highest BCUT2D eigenvalue weighted by Crippen LogP contribution is 2.51. The Hall–Kier alpha value is -3.45. The summed E-state index contributed by atoms with van der Waals surface area (Å²) in [5, 5.41) is 0. The van der Waals surface area contributed by atoms with E-state index in [1.807, 2.05) is 24.3 Å². The van der Waals surface area contributed by atoms with Gasteiger partial charge in [0, 0.05) is 63.7 Å². The first kappa shape index (κ1) is 34.4. The Morgan fingerprint density at radius 1 is 1.04 bits per heavy atom. The highest BCUT2D eigenvalue weighted by Gasteiger charge is 2.54. The summed E-state index contributed by atoms with van der Waals surface area (Å²) in [5.41, 5.74) is 2.05. The lowest BCUT2D eigenvalue weighted by molar-refractivity contribution is -0.161. The van der Waals surface area contributed by atoms with Gasteiger partial charge in [-0.1, -0.05) is 68.8 Å². The van der Waals surface area contributed by atoms with Gasteiger partial charge >= 0.3 is 11.9 Å². The zero-order chi connectivity index (χ0) is 32.4. The molecule has 1 amide bonds. The van der Waals surface area contributed by atoms with E-state index in [-0.39, 0.29) is 41.3 Å². The van der Waals surface area contributed by atoms with E-state index < -0.39 is 0 Å². The first-order valence-electron chi connectivity index (χ1n) is 16.7. The van der Waals surface area contributed by atoms with Crippen molar-refractivity contribution in [3.05, 3.63) is 78.4 Å². The molecule has 0 bridgehead atoms. The van der Waals surface area contributed by atoms with Crippen LogP contribution in [-0.4, -0.2) is 66.0 Å². The van der Waals surface area contributed by atoms with Gasteiger partial charge in [0.2, 0.25) is 5.91 Å². The number of hydrogen-bond acceptors (Lipinski definition) is 6. The molecule has 2 aromatic carbocycles. The van der Waals surface area contributed by atoms with E-state index in [2.05, 4.69) is 60.6 Å². The third kappa shape index (κ3) is 9.29. The topological polar surface area (TPSA) is 76.2 Å². The molecule has 45 heavy (non-hydrogen) atoms. The molecule has 1 saturated heterocycles. The number of nitrogens with zero attached hydrogens (tertiary/aromatic N) is 2. The van der Waals surface area contributed by atoms with E-state index in [0.29, 0.717) is 31.1 Å². The van der Waals surface area contributed by atoms with Crippen molar-refractivity contribution in [2.75, 3.05) is 26.2 Å². The molecule has 244 valence electrons. The molecule has 2 aliphatic rings. The lowest BCUT2D eigenvalue weighted by Crippen LogP contribution is -2.62. The van der Waals surface area contributed by atoms with E-state index in [0.717, 1.165) is 63.7 Å². The summed E-state index contributed by atoms with van der Waals surface area (Å²) >= 11 is 0. The predicted octanol–water partition coefficient (Wildman–Crippen LogP) is 6.74. The first-order valence-corrected chi connectivity index (χ1v) is 16.7. The number of benzene rings is 2. The summed E-state index contributed by atoms with van der Waals surface area (Å²) in [4.78, 5) is 42.8. The van der Waals surface area contributed by atoms with Crippen LogP contribution in [-0.2, 0) is 31.0 Å². The molecule has 1 aliphatic carbocycles. The number of hydrogen-bond donors (Lipinski definition) is 0. The highest BCUT2D eigenvalue weighted by molar-refractivity contribution is 5.76. The fourth-order valence-electron chi connectivity index (χ4n) is 7.61. The average Bonchev–Trinajstić information content (AvgIpc) is 3.00. The molecule has 2 fully saturated rings. The van der Waals surface area contributed by atoms with Crippen molar-refractivity contribution in [3.63, 3.8) is 0 Å². The summed E-state index contributed by atoms with van der Waals surface area (Å²) in [7, 11) is 0. The molecule has 7 nitrogen and oxygen atoms in total. The summed E-state index contributed by atoms with van der Waals surface area (Å²) in [5.74, 6) is 0.352. The van der Waals surface area contributed by atoms with Crippen molar-refractivity contribution < 1.29 is 23.9 Å². The van der Waals surface area contributed by atoms with Gasteiger partial charge in [0.25, 0.3) is 0 Å². The minimum atomic E-state index is -0.362. The molecule has 0 N–H and O–H groups in total. The smallest absolute Gasteiger partial charge is 0.308 e. The molecule has 0 spiro atoms. The van der Waals surface area contributed by atoms with Crippen LogP contribution in [0.15, 0.2) is 67.3 Å². The summed E-state index contributed by atoms with van der Waals surface area (Å²) in [6, 6.07) is 18.3. The second-order valence-corrected chi connectivity index (χ2v) is 13.4. The van der Waals surface area contributed by atoms with Crippen molar-refractivity contribution in [2.45, 2.75) is 96.6 Å². The summed E-state index contributed by atoms with van der Waals surface area (Å²) in [6.07, 6.45) is 8.26. The minimum Gasteiger partial charge on any atom is -0.462 e. The number of aryl methyl sites for hydroxylation is 1. The number of ether oxygens (including phenoxy) is 2. The van der Waals surface area contributed by atoms with Crippen molar-refractivity contribution in [3.8, 4) is 5.75 Å². The highest BCUT2D eigenvalue weighted by atomic mass is 16.5. The number of unbranched alkanes of at least 4 members (excludes halogenated alkanes) is 2. The van der Waals surface area contributed by atoms with Crippen LogP contribution in [0.5, 0.6) is 5.75 Å². The van der Waals surface area contributed by atoms with E-state index in [4.69, 9.17) is 9.47 Å². The average molecular weight is 617 g/mol. The minimum absolute atomic E-state index is 0.0212.